The van der Waals surface area contributed by atoms with E-state index in [4.69, 9.17) is 9.47 Å². The number of anilines is 1. The number of hydrogen-bond acceptors (Lipinski definition) is 3. The van der Waals surface area contributed by atoms with Crippen molar-refractivity contribution < 1.29 is 14.3 Å². The Balaban J connectivity index is 1.75. The molecule has 0 radical (unpaired) electrons. The summed E-state index contributed by atoms with van der Waals surface area (Å²) in [5.41, 5.74) is 2.71. The molecule has 1 amide bonds. The summed E-state index contributed by atoms with van der Waals surface area (Å²) in [7, 11) is 0. The molecule has 4 nitrogen and oxygen atoms in total. The molecule has 0 heterocycles. The van der Waals surface area contributed by atoms with Crippen molar-refractivity contribution >= 4 is 11.6 Å². The van der Waals surface area contributed by atoms with Crippen LogP contribution in [-0.4, -0.2) is 12.0 Å². The molecule has 0 saturated heterocycles. The third kappa shape index (κ3) is 4.92. The Bertz CT molecular complexity index is 938. The number of para-hydroxylation sites is 3. The minimum atomic E-state index is -0.592. The molecule has 0 saturated carbocycles. The van der Waals surface area contributed by atoms with Crippen molar-refractivity contribution in [3.63, 3.8) is 0 Å². The fourth-order valence-corrected chi connectivity index (χ4v) is 2.80. The molecule has 3 aromatic carbocycles. The second-order valence-corrected chi connectivity index (χ2v) is 6.68. The first-order valence-electron chi connectivity index (χ1n) is 9.43. The standard InChI is InChI=1S/C24H25NO3/c1-4-21(28-23-16-17(2)14-15-18(23)3)24(26)25-20-12-8-9-13-22(20)27-19-10-6-5-7-11-19/h5-16,21H,4H2,1-3H3,(H,25,26)/t21-/m1/s1. The van der Waals surface area contributed by atoms with Gasteiger partial charge >= 0.3 is 0 Å². The topological polar surface area (TPSA) is 47.6 Å². The monoisotopic (exact) mass is 375 g/mol. The molecule has 0 bridgehead atoms. The van der Waals surface area contributed by atoms with Crippen LogP contribution in [0.4, 0.5) is 5.69 Å². The van der Waals surface area contributed by atoms with Gasteiger partial charge in [-0.1, -0.05) is 49.4 Å². The van der Waals surface area contributed by atoms with Crippen molar-refractivity contribution in [2.24, 2.45) is 0 Å². The van der Waals surface area contributed by atoms with Crippen molar-refractivity contribution in [3.8, 4) is 17.2 Å². The molecule has 0 aliphatic carbocycles. The number of rotatable bonds is 7. The minimum absolute atomic E-state index is 0.201. The lowest BCUT2D eigenvalue weighted by molar-refractivity contribution is -0.122. The van der Waals surface area contributed by atoms with Crippen molar-refractivity contribution in [2.75, 3.05) is 5.32 Å². The summed E-state index contributed by atoms with van der Waals surface area (Å²) in [6, 6.07) is 22.8. The molecule has 4 heteroatoms. The van der Waals surface area contributed by atoms with E-state index in [2.05, 4.69) is 5.32 Å². The Kier molecular flexibility index (Phi) is 6.33. The van der Waals surface area contributed by atoms with Gasteiger partial charge in [0.05, 0.1) is 5.69 Å². The summed E-state index contributed by atoms with van der Waals surface area (Å²) in [6.45, 7) is 5.91. The Morgan fingerprint density at radius 2 is 1.64 bits per heavy atom. The molecule has 1 N–H and O–H groups in total. The summed E-state index contributed by atoms with van der Waals surface area (Å²) in [5.74, 6) is 1.83. The first-order chi connectivity index (χ1) is 13.6. The van der Waals surface area contributed by atoms with Gasteiger partial charge in [0.15, 0.2) is 11.9 Å². The second kappa shape index (κ2) is 9.09. The quantitative estimate of drug-likeness (QED) is 0.560. The molecule has 0 spiro atoms. The van der Waals surface area contributed by atoms with E-state index >= 15 is 0 Å². The summed E-state index contributed by atoms with van der Waals surface area (Å²) < 4.78 is 11.9. The van der Waals surface area contributed by atoms with E-state index in [1.807, 2.05) is 93.6 Å². The maximum atomic E-state index is 12.9. The van der Waals surface area contributed by atoms with Crippen LogP contribution in [0.2, 0.25) is 0 Å². The first kappa shape index (κ1) is 19.5. The van der Waals surface area contributed by atoms with Gasteiger partial charge in [0, 0.05) is 0 Å². The Morgan fingerprint density at radius 1 is 0.929 bits per heavy atom. The van der Waals surface area contributed by atoms with Gasteiger partial charge in [-0.25, -0.2) is 0 Å². The molecule has 28 heavy (non-hydrogen) atoms. The summed E-state index contributed by atoms with van der Waals surface area (Å²) >= 11 is 0. The maximum absolute atomic E-state index is 12.9. The van der Waals surface area contributed by atoms with Crippen LogP contribution < -0.4 is 14.8 Å². The van der Waals surface area contributed by atoms with Gasteiger partial charge in [0.1, 0.15) is 11.5 Å². The highest BCUT2D eigenvalue weighted by atomic mass is 16.5. The van der Waals surface area contributed by atoms with Gasteiger partial charge in [0.2, 0.25) is 0 Å². The molecule has 0 aliphatic rings. The molecule has 3 rings (SSSR count). The molecule has 0 unspecified atom stereocenters. The fraction of sp³-hybridized carbons (Fsp3) is 0.208. The van der Waals surface area contributed by atoms with Gasteiger partial charge in [-0.3, -0.25) is 4.79 Å². The number of carbonyl (C=O) groups is 1. The SMILES string of the molecule is CC[C@@H](Oc1cc(C)ccc1C)C(=O)Nc1ccccc1Oc1ccccc1. The van der Waals surface area contributed by atoms with Crippen LogP contribution in [0.1, 0.15) is 24.5 Å². The molecule has 3 aromatic rings. The average molecular weight is 375 g/mol. The molecular weight excluding hydrogens is 350 g/mol. The molecule has 0 aromatic heterocycles. The smallest absolute Gasteiger partial charge is 0.265 e. The van der Waals surface area contributed by atoms with Gasteiger partial charge in [0.25, 0.3) is 5.91 Å². The number of ether oxygens (including phenoxy) is 2. The number of nitrogens with one attached hydrogen (secondary N) is 1. The van der Waals surface area contributed by atoms with E-state index < -0.39 is 6.10 Å². The van der Waals surface area contributed by atoms with E-state index in [-0.39, 0.29) is 5.91 Å². The van der Waals surface area contributed by atoms with Crippen molar-refractivity contribution in [1.82, 2.24) is 0 Å². The number of benzene rings is 3. The van der Waals surface area contributed by atoms with Crippen LogP contribution in [0.25, 0.3) is 0 Å². The zero-order valence-electron chi connectivity index (χ0n) is 16.4. The number of amides is 1. The zero-order chi connectivity index (χ0) is 19.9. The highest BCUT2D eigenvalue weighted by Gasteiger charge is 2.21. The molecule has 0 aliphatic heterocycles. The summed E-state index contributed by atoms with van der Waals surface area (Å²) in [5, 5.41) is 2.95. The Labute approximate surface area is 166 Å². The first-order valence-corrected chi connectivity index (χ1v) is 9.43. The molecule has 144 valence electrons. The summed E-state index contributed by atoms with van der Waals surface area (Å²) in [6.07, 6.45) is -0.0359. The highest BCUT2D eigenvalue weighted by molar-refractivity contribution is 5.95. The average Bonchev–Trinajstić information content (AvgIpc) is 2.70. The van der Waals surface area contributed by atoms with Crippen molar-refractivity contribution in [3.05, 3.63) is 83.9 Å². The normalized spacial score (nSPS) is 11.5. The van der Waals surface area contributed by atoms with Crippen molar-refractivity contribution in [1.29, 1.82) is 0 Å². The van der Waals surface area contributed by atoms with Gasteiger partial charge < -0.3 is 14.8 Å². The van der Waals surface area contributed by atoms with E-state index in [1.165, 1.54) is 0 Å². The molecule has 0 fully saturated rings. The van der Waals surface area contributed by atoms with E-state index in [9.17, 15) is 4.79 Å². The summed E-state index contributed by atoms with van der Waals surface area (Å²) in [4.78, 5) is 12.9. The van der Waals surface area contributed by atoms with Crippen molar-refractivity contribution in [2.45, 2.75) is 33.3 Å². The third-order valence-electron chi connectivity index (χ3n) is 4.39. The largest absolute Gasteiger partial charge is 0.480 e. The lowest BCUT2D eigenvalue weighted by Gasteiger charge is -2.20. The van der Waals surface area contributed by atoms with Gasteiger partial charge in [-0.2, -0.15) is 0 Å². The lowest BCUT2D eigenvalue weighted by atomic mass is 10.1. The van der Waals surface area contributed by atoms with Crippen LogP contribution in [0, 0.1) is 13.8 Å². The Hall–Kier alpha value is -3.27. The van der Waals surface area contributed by atoms with Crippen LogP contribution >= 0.6 is 0 Å². The van der Waals surface area contributed by atoms with E-state index in [1.54, 1.807) is 0 Å². The van der Waals surface area contributed by atoms with E-state index in [0.717, 1.165) is 16.9 Å². The maximum Gasteiger partial charge on any atom is 0.265 e. The molecular formula is C24H25NO3. The van der Waals surface area contributed by atoms with Crippen LogP contribution in [0.3, 0.4) is 0 Å². The van der Waals surface area contributed by atoms with E-state index in [0.29, 0.717) is 23.6 Å². The number of carbonyl (C=O) groups excluding carboxylic acids is 1. The Morgan fingerprint density at radius 3 is 2.39 bits per heavy atom. The fourth-order valence-electron chi connectivity index (χ4n) is 2.80. The second-order valence-electron chi connectivity index (χ2n) is 6.68. The predicted octanol–water partition coefficient (Wildman–Crippen LogP) is 5.89. The molecule has 1 atom stereocenters. The predicted molar refractivity (Wildman–Crippen MR) is 112 cm³/mol. The lowest BCUT2D eigenvalue weighted by Crippen LogP contribution is -2.32. The minimum Gasteiger partial charge on any atom is -0.480 e. The van der Waals surface area contributed by atoms with Gasteiger partial charge in [-0.15, -0.1) is 0 Å². The number of hydrogen-bond donors (Lipinski definition) is 1. The zero-order valence-corrected chi connectivity index (χ0v) is 16.4. The number of aryl methyl sites for hydroxylation is 2. The third-order valence-corrected chi connectivity index (χ3v) is 4.39. The highest BCUT2D eigenvalue weighted by Crippen LogP contribution is 2.29. The van der Waals surface area contributed by atoms with Crippen LogP contribution in [-0.2, 0) is 4.79 Å². The van der Waals surface area contributed by atoms with Gasteiger partial charge in [-0.05, 0) is 61.7 Å². The van der Waals surface area contributed by atoms with Crippen LogP contribution in [0.5, 0.6) is 17.2 Å². The van der Waals surface area contributed by atoms with Crippen LogP contribution in [0.15, 0.2) is 72.8 Å².